The number of para-hydroxylation sites is 1. The van der Waals surface area contributed by atoms with Gasteiger partial charge >= 0.3 is 0 Å². The first-order valence-corrected chi connectivity index (χ1v) is 6.32. The summed E-state index contributed by atoms with van der Waals surface area (Å²) < 4.78 is 0. The van der Waals surface area contributed by atoms with Gasteiger partial charge in [0.25, 0.3) is 0 Å². The van der Waals surface area contributed by atoms with Crippen LogP contribution in [0.5, 0.6) is 0 Å². The Balaban J connectivity index is 1.84. The van der Waals surface area contributed by atoms with Crippen LogP contribution in [0, 0.1) is 0 Å². The SMILES string of the molecule is CCC(O)CCCN1CCc2ccccc21. The minimum atomic E-state index is -0.113. The van der Waals surface area contributed by atoms with Crippen molar-refractivity contribution in [2.24, 2.45) is 0 Å². The maximum Gasteiger partial charge on any atom is 0.0538 e. The first kappa shape index (κ1) is 11.5. The highest BCUT2D eigenvalue weighted by Crippen LogP contribution is 2.27. The number of aliphatic hydroxyl groups is 1. The monoisotopic (exact) mass is 219 g/mol. The highest BCUT2D eigenvalue weighted by atomic mass is 16.3. The molecule has 0 aliphatic carbocycles. The molecule has 16 heavy (non-hydrogen) atoms. The standard InChI is InChI=1S/C14H21NO/c1-2-13(16)7-5-10-15-11-9-12-6-3-4-8-14(12)15/h3-4,6,8,13,16H,2,5,7,9-11H2,1H3. The van der Waals surface area contributed by atoms with E-state index in [-0.39, 0.29) is 6.10 Å². The van der Waals surface area contributed by atoms with Crippen LogP contribution in [0.25, 0.3) is 0 Å². The zero-order valence-corrected chi connectivity index (χ0v) is 10.0. The quantitative estimate of drug-likeness (QED) is 0.823. The van der Waals surface area contributed by atoms with Crippen molar-refractivity contribution < 1.29 is 5.11 Å². The number of benzene rings is 1. The Morgan fingerprint density at radius 2 is 2.19 bits per heavy atom. The summed E-state index contributed by atoms with van der Waals surface area (Å²) >= 11 is 0. The van der Waals surface area contributed by atoms with E-state index < -0.39 is 0 Å². The average molecular weight is 219 g/mol. The summed E-state index contributed by atoms with van der Waals surface area (Å²) in [5.41, 5.74) is 2.87. The first-order chi connectivity index (χ1) is 7.81. The Bertz CT molecular complexity index is 337. The number of anilines is 1. The number of hydrogen-bond acceptors (Lipinski definition) is 2. The second kappa shape index (κ2) is 5.35. The van der Waals surface area contributed by atoms with Crippen LogP contribution in [-0.4, -0.2) is 24.3 Å². The Morgan fingerprint density at radius 1 is 1.38 bits per heavy atom. The number of nitrogens with zero attached hydrogens (tertiary/aromatic N) is 1. The molecular formula is C14H21NO. The molecule has 0 aromatic heterocycles. The Labute approximate surface area is 97.9 Å². The summed E-state index contributed by atoms with van der Waals surface area (Å²) in [6.45, 7) is 4.26. The Morgan fingerprint density at radius 3 is 3.00 bits per heavy atom. The average Bonchev–Trinajstić information content (AvgIpc) is 2.73. The predicted molar refractivity (Wildman–Crippen MR) is 67.9 cm³/mol. The van der Waals surface area contributed by atoms with Gasteiger partial charge < -0.3 is 10.0 Å². The van der Waals surface area contributed by atoms with Gasteiger partial charge in [-0.2, -0.15) is 0 Å². The largest absolute Gasteiger partial charge is 0.393 e. The van der Waals surface area contributed by atoms with Crippen molar-refractivity contribution in [3.8, 4) is 0 Å². The van der Waals surface area contributed by atoms with Gasteiger partial charge in [-0.25, -0.2) is 0 Å². The molecule has 2 rings (SSSR count). The summed E-state index contributed by atoms with van der Waals surface area (Å²) in [5, 5.41) is 9.51. The smallest absolute Gasteiger partial charge is 0.0538 e. The van der Waals surface area contributed by atoms with E-state index >= 15 is 0 Å². The zero-order valence-electron chi connectivity index (χ0n) is 10.0. The predicted octanol–water partition coefficient (Wildman–Crippen LogP) is 2.60. The van der Waals surface area contributed by atoms with Crippen LogP contribution in [0.1, 0.15) is 31.7 Å². The first-order valence-electron chi connectivity index (χ1n) is 6.32. The lowest BCUT2D eigenvalue weighted by atomic mass is 10.1. The molecule has 0 spiro atoms. The molecule has 1 aromatic carbocycles. The topological polar surface area (TPSA) is 23.5 Å². The van der Waals surface area contributed by atoms with Crippen molar-refractivity contribution in [1.82, 2.24) is 0 Å². The van der Waals surface area contributed by atoms with Gasteiger partial charge in [-0.15, -0.1) is 0 Å². The van der Waals surface area contributed by atoms with Crippen LogP contribution >= 0.6 is 0 Å². The summed E-state index contributed by atoms with van der Waals surface area (Å²) in [6, 6.07) is 8.65. The molecule has 0 saturated heterocycles. The van der Waals surface area contributed by atoms with Crippen LogP contribution < -0.4 is 4.90 Å². The van der Waals surface area contributed by atoms with Crippen molar-refractivity contribution >= 4 is 5.69 Å². The van der Waals surface area contributed by atoms with Crippen LogP contribution in [-0.2, 0) is 6.42 Å². The van der Waals surface area contributed by atoms with E-state index in [1.165, 1.54) is 17.7 Å². The van der Waals surface area contributed by atoms with Crippen LogP contribution in [0.2, 0.25) is 0 Å². The third kappa shape index (κ3) is 2.56. The van der Waals surface area contributed by atoms with Gasteiger partial charge in [0.1, 0.15) is 0 Å². The second-order valence-electron chi connectivity index (χ2n) is 4.57. The molecule has 1 aliphatic heterocycles. The lowest BCUT2D eigenvalue weighted by Gasteiger charge is -2.19. The number of fused-ring (bicyclic) bond motifs is 1. The van der Waals surface area contributed by atoms with Crippen molar-refractivity contribution in [3.63, 3.8) is 0 Å². The van der Waals surface area contributed by atoms with E-state index in [4.69, 9.17) is 0 Å². The Hall–Kier alpha value is -1.02. The van der Waals surface area contributed by atoms with Gasteiger partial charge in [-0.05, 0) is 37.3 Å². The van der Waals surface area contributed by atoms with Crippen molar-refractivity contribution in [1.29, 1.82) is 0 Å². The summed E-state index contributed by atoms with van der Waals surface area (Å²) in [5.74, 6) is 0. The van der Waals surface area contributed by atoms with Gasteiger partial charge in [0.05, 0.1) is 6.10 Å². The molecule has 0 saturated carbocycles. The lowest BCUT2D eigenvalue weighted by molar-refractivity contribution is 0.158. The highest BCUT2D eigenvalue weighted by molar-refractivity contribution is 5.57. The van der Waals surface area contributed by atoms with Crippen molar-refractivity contribution in [3.05, 3.63) is 29.8 Å². The highest BCUT2D eigenvalue weighted by Gasteiger charge is 2.17. The van der Waals surface area contributed by atoms with Crippen LogP contribution in [0.3, 0.4) is 0 Å². The second-order valence-corrected chi connectivity index (χ2v) is 4.57. The van der Waals surface area contributed by atoms with Gasteiger partial charge in [0.15, 0.2) is 0 Å². The maximum absolute atomic E-state index is 9.51. The summed E-state index contributed by atoms with van der Waals surface area (Å²) in [7, 11) is 0. The van der Waals surface area contributed by atoms with Gasteiger partial charge in [-0.3, -0.25) is 0 Å². The van der Waals surface area contributed by atoms with E-state index in [9.17, 15) is 5.11 Å². The third-order valence-electron chi connectivity index (χ3n) is 3.42. The summed E-state index contributed by atoms with van der Waals surface area (Å²) in [4.78, 5) is 2.44. The molecule has 0 fully saturated rings. The lowest BCUT2D eigenvalue weighted by Crippen LogP contribution is -2.22. The third-order valence-corrected chi connectivity index (χ3v) is 3.42. The molecule has 0 amide bonds. The summed E-state index contributed by atoms with van der Waals surface area (Å²) in [6.07, 6.45) is 3.94. The fourth-order valence-electron chi connectivity index (χ4n) is 2.36. The van der Waals surface area contributed by atoms with E-state index in [0.717, 1.165) is 32.4 Å². The molecule has 1 aromatic rings. The molecule has 1 unspecified atom stereocenters. The number of aliphatic hydroxyl groups excluding tert-OH is 1. The molecule has 0 bridgehead atoms. The molecule has 1 aliphatic rings. The number of rotatable bonds is 5. The fourth-order valence-corrected chi connectivity index (χ4v) is 2.36. The molecule has 88 valence electrons. The van der Waals surface area contributed by atoms with E-state index in [1.54, 1.807) is 0 Å². The van der Waals surface area contributed by atoms with E-state index in [0.29, 0.717) is 0 Å². The Kier molecular flexibility index (Phi) is 3.83. The van der Waals surface area contributed by atoms with Crippen LogP contribution in [0.4, 0.5) is 5.69 Å². The van der Waals surface area contributed by atoms with Crippen molar-refractivity contribution in [2.75, 3.05) is 18.0 Å². The van der Waals surface area contributed by atoms with Crippen LogP contribution in [0.15, 0.2) is 24.3 Å². The zero-order chi connectivity index (χ0) is 11.4. The molecule has 1 atom stereocenters. The van der Waals surface area contributed by atoms with Crippen molar-refractivity contribution in [2.45, 2.75) is 38.7 Å². The van der Waals surface area contributed by atoms with Gasteiger partial charge in [-0.1, -0.05) is 25.1 Å². The van der Waals surface area contributed by atoms with E-state index in [2.05, 4.69) is 29.2 Å². The number of hydrogen-bond donors (Lipinski definition) is 1. The minimum Gasteiger partial charge on any atom is -0.393 e. The fraction of sp³-hybridized carbons (Fsp3) is 0.571. The van der Waals surface area contributed by atoms with Gasteiger partial charge in [0, 0.05) is 18.8 Å². The normalized spacial score (nSPS) is 16.2. The minimum absolute atomic E-state index is 0.113. The maximum atomic E-state index is 9.51. The molecule has 2 heteroatoms. The molecule has 1 heterocycles. The molecule has 2 nitrogen and oxygen atoms in total. The van der Waals surface area contributed by atoms with E-state index in [1.807, 2.05) is 6.92 Å². The van der Waals surface area contributed by atoms with Gasteiger partial charge in [0.2, 0.25) is 0 Å². The molecule has 0 radical (unpaired) electrons. The molecular weight excluding hydrogens is 198 g/mol. The molecule has 1 N–H and O–H groups in total.